The number of rotatable bonds is 0. The van der Waals surface area contributed by atoms with E-state index in [1.54, 1.807) is 0 Å². The third kappa shape index (κ3) is 1.83. The number of nitrogens with one attached hydrogen (secondary N) is 1. The van der Waals surface area contributed by atoms with Crippen LogP contribution in [0.3, 0.4) is 0 Å². The van der Waals surface area contributed by atoms with Gasteiger partial charge in [0.05, 0.1) is 0 Å². The van der Waals surface area contributed by atoms with Crippen LogP contribution in [0.25, 0.3) is 0 Å². The fourth-order valence-electron chi connectivity index (χ4n) is 2.38. The molecule has 1 N–H and O–H groups in total. The molecule has 0 spiro atoms. The molecule has 2 aliphatic rings. The van der Waals surface area contributed by atoms with E-state index in [1.807, 2.05) is 6.92 Å². The first kappa shape index (κ1) is 10.4. The number of hydrogen-bond donors (Lipinski definition) is 1. The van der Waals surface area contributed by atoms with Crippen molar-refractivity contribution in [2.75, 3.05) is 0 Å². The zero-order chi connectivity index (χ0) is 11.2. The van der Waals surface area contributed by atoms with Crippen LogP contribution < -0.4 is 5.32 Å². The molecular weight excluding hydrogens is 190 g/mol. The van der Waals surface area contributed by atoms with E-state index in [9.17, 15) is 9.59 Å². The number of carbonyl (C=O) groups is 2. The number of allylic oxidation sites excluding steroid dienone is 2. The van der Waals surface area contributed by atoms with Crippen LogP contribution in [0.4, 0.5) is 0 Å². The van der Waals surface area contributed by atoms with Gasteiger partial charge in [-0.15, -0.1) is 0 Å². The molecule has 0 aromatic heterocycles. The van der Waals surface area contributed by atoms with Gasteiger partial charge in [0.1, 0.15) is 0 Å². The van der Waals surface area contributed by atoms with Gasteiger partial charge in [-0.3, -0.25) is 9.59 Å². The van der Waals surface area contributed by atoms with Crippen molar-refractivity contribution < 1.29 is 9.59 Å². The van der Waals surface area contributed by atoms with Crippen LogP contribution in [-0.2, 0) is 9.59 Å². The summed E-state index contributed by atoms with van der Waals surface area (Å²) in [4.78, 5) is 23.4. The van der Waals surface area contributed by atoms with Crippen molar-refractivity contribution >= 4 is 11.7 Å². The van der Waals surface area contributed by atoms with E-state index in [-0.39, 0.29) is 23.0 Å². The zero-order valence-corrected chi connectivity index (χ0v) is 9.52. The summed E-state index contributed by atoms with van der Waals surface area (Å²) in [6, 6.07) is 0. The summed E-state index contributed by atoms with van der Waals surface area (Å²) in [7, 11) is 0. The van der Waals surface area contributed by atoms with Crippen molar-refractivity contribution in [2.45, 2.75) is 40.0 Å². The van der Waals surface area contributed by atoms with Crippen molar-refractivity contribution in [3.63, 3.8) is 0 Å². The number of Topliss-reactive ketones (excluding diaryl/α,β-unsaturated/α-hetero) is 1. The molecular formula is C12H17NO2. The molecule has 0 aromatic rings. The lowest BCUT2D eigenvalue weighted by atomic mass is 9.73. The second-order valence-corrected chi connectivity index (χ2v) is 5.49. The van der Waals surface area contributed by atoms with Gasteiger partial charge in [0.15, 0.2) is 5.78 Å². The Hall–Kier alpha value is -1.12. The van der Waals surface area contributed by atoms with E-state index in [1.165, 1.54) is 0 Å². The first-order chi connectivity index (χ1) is 6.89. The molecule has 1 aliphatic heterocycles. The highest BCUT2D eigenvalue weighted by Gasteiger charge is 2.37. The average Bonchev–Trinajstić information content (AvgIpc) is 2.07. The molecule has 1 atom stereocenters. The summed E-state index contributed by atoms with van der Waals surface area (Å²) >= 11 is 0. The molecule has 0 unspecified atom stereocenters. The largest absolute Gasteiger partial charge is 0.329 e. The molecule has 0 fully saturated rings. The lowest BCUT2D eigenvalue weighted by Gasteiger charge is -2.35. The first-order valence-corrected chi connectivity index (χ1v) is 5.45. The molecule has 3 nitrogen and oxygen atoms in total. The second-order valence-electron chi connectivity index (χ2n) is 5.49. The molecule has 0 saturated carbocycles. The summed E-state index contributed by atoms with van der Waals surface area (Å²) in [5.41, 5.74) is 1.73. The molecule has 1 amide bonds. The van der Waals surface area contributed by atoms with E-state index >= 15 is 0 Å². The fraction of sp³-hybridized carbons (Fsp3) is 0.667. The highest BCUT2D eigenvalue weighted by atomic mass is 16.2. The number of hydrogen-bond acceptors (Lipinski definition) is 2. The smallest absolute Gasteiger partial charge is 0.227 e. The summed E-state index contributed by atoms with van der Waals surface area (Å²) in [5, 5.41) is 2.87. The summed E-state index contributed by atoms with van der Waals surface area (Å²) < 4.78 is 0. The van der Waals surface area contributed by atoms with Crippen LogP contribution in [-0.4, -0.2) is 11.7 Å². The van der Waals surface area contributed by atoms with Crippen LogP contribution in [0, 0.1) is 11.3 Å². The molecule has 0 radical (unpaired) electrons. The van der Waals surface area contributed by atoms with Crippen LogP contribution in [0.15, 0.2) is 11.3 Å². The van der Waals surface area contributed by atoms with Gasteiger partial charge in [0.25, 0.3) is 0 Å². The van der Waals surface area contributed by atoms with E-state index in [0.717, 1.165) is 17.7 Å². The Balaban J connectivity index is 2.34. The van der Waals surface area contributed by atoms with Gasteiger partial charge in [-0.1, -0.05) is 20.8 Å². The normalized spacial score (nSPS) is 29.9. The maximum Gasteiger partial charge on any atom is 0.227 e. The van der Waals surface area contributed by atoms with Crippen LogP contribution in [0.1, 0.15) is 40.0 Å². The van der Waals surface area contributed by atoms with Crippen molar-refractivity contribution in [3.8, 4) is 0 Å². The Bertz CT molecular complexity index is 366. The van der Waals surface area contributed by atoms with E-state index in [2.05, 4.69) is 19.2 Å². The predicted molar refractivity (Wildman–Crippen MR) is 57.0 cm³/mol. The maximum absolute atomic E-state index is 11.9. The summed E-state index contributed by atoms with van der Waals surface area (Å²) in [6.07, 6.45) is 2.04. The van der Waals surface area contributed by atoms with Crippen molar-refractivity contribution in [3.05, 3.63) is 11.3 Å². The Kier molecular flexibility index (Phi) is 2.21. The third-order valence-corrected chi connectivity index (χ3v) is 3.23. The van der Waals surface area contributed by atoms with Gasteiger partial charge in [-0.2, -0.15) is 0 Å². The molecule has 3 heteroatoms. The number of ketones is 1. The molecule has 2 rings (SSSR count). The fourth-order valence-corrected chi connectivity index (χ4v) is 2.38. The molecule has 15 heavy (non-hydrogen) atoms. The monoisotopic (exact) mass is 207 g/mol. The van der Waals surface area contributed by atoms with E-state index in [0.29, 0.717) is 12.8 Å². The summed E-state index contributed by atoms with van der Waals surface area (Å²) in [6.45, 7) is 6.00. The number of carbonyl (C=O) groups excluding carboxylic acids is 2. The molecule has 1 aliphatic carbocycles. The van der Waals surface area contributed by atoms with Gasteiger partial charge < -0.3 is 5.32 Å². The molecule has 0 aromatic carbocycles. The molecule has 0 saturated heterocycles. The number of amides is 1. The Morgan fingerprint density at radius 1 is 1.27 bits per heavy atom. The molecule has 0 bridgehead atoms. The minimum Gasteiger partial charge on any atom is -0.329 e. The summed E-state index contributed by atoms with van der Waals surface area (Å²) in [5.74, 6) is 0.210. The van der Waals surface area contributed by atoms with E-state index in [4.69, 9.17) is 0 Å². The Labute approximate surface area is 89.9 Å². The lowest BCUT2D eigenvalue weighted by molar-refractivity contribution is -0.125. The highest BCUT2D eigenvalue weighted by molar-refractivity contribution is 6.00. The van der Waals surface area contributed by atoms with Gasteiger partial charge in [-0.25, -0.2) is 0 Å². The SMILES string of the molecule is C[C@H]1CC2=C(CC(C)(C)CC2=O)NC1=O. The van der Waals surface area contributed by atoms with Crippen molar-refractivity contribution in [2.24, 2.45) is 11.3 Å². The minimum absolute atomic E-state index is 0.0101. The Morgan fingerprint density at radius 3 is 2.60 bits per heavy atom. The maximum atomic E-state index is 11.9. The quantitative estimate of drug-likeness (QED) is 0.658. The third-order valence-electron chi connectivity index (χ3n) is 3.23. The highest BCUT2D eigenvalue weighted by Crippen LogP contribution is 2.39. The van der Waals surface area contributed by atoms with E-state index < -0.39 is 0 Å². The molecule has 1 heterocycles. The lowest BCUT2D eigenvalue weighted by Crippen LogP contribution is -2.41. The second kappa shape index (κ2) is 3.19. The van der Waals surface area contributed by atoms with Gasteiger partial charge in [0, 0.05) is 23.6 Å². The average molecular weight is 207 g/mol. The van der Waals surface area contributed by atoms with Gasteiger partial charge in [0.2, 0.25) is 5.91 Å². The Morgan fingerprint density at radius 2 is 1.93 bits per heavy atom. The van der Waals surface area contributed by atoms with Gasteiger partial charge >= 0.3 is 0 Å². The standard InChI is InChI=1S/C12H17NO2/c1-7-4-8-9(13-11(7)15)5-12(2,3)6-10(8)14/h7H,4-6H2,1-3H3,(H,13,15)/t7-/m0/s1. The minimum atomic E-state index is -0.0612. The van der Waals surface area contributed by atoms with Crippen LogP contribution in [0.5, 0.6) is 0 Å². The van der Waals surface area contributed by atoms with Crippen LogP contribution in [0.2, 0.25) is 0 Å². The predicted octanol–water partition coefficient (Wildman–Crippen LogP) is 1.79. The zero-order valence-electron chi connectivity index (χ0n) is 9.52. The van der Waals surface area contributed by atoms with Gasteiger partial charge in [-0.05, 0) is 18.3 Å². The first-order valence-electron chi connectivity index (χ1n) is 5.45. The molecule has 82 valence electrons. The van der Waals surface area contributed by atoms with Crippen molar-refractivity contribution in [1.82, 2.24) is 5.32 Å². The van der Waals surface area contributed by atoms with Crippen molar-refractivity contribution in [1.29, 1.82) is 0 Å². The topological polar surface area (TPSA) is 46.2 Å². The van der Waals surface area contributed by atoms with Crippen LogP contribution >= 0.6 is 0 Å².